The van der Waals surface area contributed by atoms with Crippen LogP contribution in [0.15, 0.2) is 53.2 Å². The molecular formula is C22H23NOS. The van der Waals surface area contributed by atoms with Gasteiger partial charge >= 0.3 is 0 Å². The van der Waals surface area contributed by atoms with Crippen LogP contribution in [0, 0.1) is 0 Å². The molecule has 0 radical (unpaired) electrons. The second kappa shape index (κ2) is 8.72. The van der Waals surface area contributed by atoms with E-state index in [9.17, 15) is 4.79 Å². The predicted molar refractivity (Wildman–Crippen MR) is 106 cm³/mol. The standard InChI is InChI=1S/C22H23NOS/c1-2-3-4-5-6-17-7-9-18(10-8-17)21-12-11-20(15-24)23-22(21)19-13-14-25-16-19/h7-16H,2-6H2,1H3. The number of carbonyl (C=O) groups is 1. The summed E-state index contributed by atoms with van der Waals surface area (Å²) in [6.07, 6.45) is 7.09. The lowest BCUT2D eigenvalue weighted by molar-refractivity contribution is 0.111. The molecule has 0 bridgehead atoms. The van der Waals surface area contributed by atoms with Crippen LogP contribution in [0.4, 0.5) is 0 Å². The van der Waals surface area contributed by atoms with Gasteiger partial charge in [0.05, 0.1) is 5.69 Å². The summed E-state index contributed by atoms with van der Waals surface area (Å²) < 4.78 is 0. The number of hydrogen-bond acceptors (Lipinski definition) is 3. The molecule has 0 atom stereocenters. The molecule has 0 aliphatic rings. The average molecular weight is 349 g/mol. The van der Waals surface area contributed by atoms with E-state index in [1.165, 1.54) is 31.2 Å². The Morgan fingerprint density at radius 1 is 0.960 bits per heavy atom. The first-order valence-corrected chi connectivity index (χ1v) is 9.84. The molecule has 25 heavy (non-hydrogen) atoms. The minimum Gasteiger partial charge on any atom is -0.296 e. The maximum atomic E-state index is 11.1. The second-order valence-corrected chi connectivity index (χ2v) is 7.05. The van der Waals surface area contributed by atoms with Crippen LogP contribution in [0.2, 0.25) is 0 Å². The topological polar surface area (TPSA) is 30.0 Å². The zero-order valence-corrected chi connectivity index (χ0v) is 15.4. The number of benzene rings is 1. The van der Waals surface area contributed by atoms with Crippen molar-refractivity contribution in [2.24, 2.45) is 0 Å². The molecule has 0 aliphatic heterocycles. The minimum absolute atomic E-state index is 0.470. The fraction of sp³-hybridized carbons (Fsp3) is 0.273. The van der Waals surface area contributed by atoms with Crippen LogP contribution >= 0.6 is 11.3 Å². The van der Waals surface area contributed by atoms with E-state index in [2.05, 4.69) is 41.6 Å². The van der Waals surface area contributed by atoms with Crippen LogP contribution in [0.1, 0.15) is 48.7 Å². The Hall–Kier alpha value is -2.26. The van der Waals surface area contributed by atoms with Crippen molar-refractivity contribution in [3.63, 3.8) is 0 Å². The minimum atomic E-state index is 0.470. The lowest BCUT2D eigenvalue weighted by Crippen LogP contribution is -1.94. The molecule has 0 saturated heterocycles. The van der Waals surface area contributed by atoms with Crippen molar-refractivity contribution in [3.8, 4) is 22.4 Å². The van der Waals surface area contributed by atoms with Gasteiger partial charge in [-0.3, -0.25) is 4.79 Å². The molecule has 2 heterocycles. The monoisotopic (exact) mass is 349 g/mol. The summed E-state index contributed by atoms with van der Waals surface area (Å²) in [5.74, 6) is 0. The quantitative estimate of drug-likeness (QED) is 0.347. The van der Waals surface area contributed by atoms with Crippen LogP contribution in [0.3, 0.4) is 0 Å². The Labute approximate surface area is 153 Å². The summed E-state index contributed by atoms with van der Waals surface area (Å²) in [5.41, 5.74) is 6.01. The summed E-state index contributed by atoms with van der Waals surface area (Å²) in [6, 6.07) is 14.6. The largest absolute Gasteiger partial charge is 0.296 e. The van der Waals surface area contributed by atoms with Crippen molar-refractivity contribution < 1.29 is 4.79 Å². The van der Waals surface area contributed by atoms with E-state index in [1.54, 1.807) is 17.4 Å². The molecule has 0 saturated carbocycles. The van der Waals surface area contributed by atoms with Gasteiger partial charge in [0, 0.05) is 16.5 Å². The number of aromatic nitrogens is 1. The van der Waals surface area contributed by atoms with Crippen molar-refractivity contribution in [3.05, 3.63) is 64.5 Å². The number of pyridine rings is 1. The number of rotatable bonds is 8. The van der Waals surface area contributed by atoms with Gasteiger partial charge in [0.25, 0.3) is 0 Å². The highest BCUT2D eigenvalue weighted by Gasteiger charge is 2.11. The van der Waals surface area contributed by atoms with Gasteiger partial charge in [0.1, 0.15) is 5.69 Å². The number of aldehydes is 1. The molecule has 3 heteroatoms. The van der Waals surface area contributed by atoms with E-state index in [-0.39, 0.29) is 0 Å². The molecule has 0 spiro atoms. The molecule has 0 N–H and O–H groups in total. The van der Waals surface area contributed by atoms with Crippen LogP contribution in [0.5, 0.6) is 0 Å². The summed E-state index contributed by atoms with van der Waals surface area (Å²) in [4.78, 5) is 15.6. The number of thiophene rings is 1. The lowest BCUT2D eigenvalue weighted by Gasteiger charge is -2.10. The third kappa shape index (κ3) is 4.43. The molecule has 2 aromatic heterocycles. The van der Waals surface area contributed by atoms with Gasteiger partial charge < -0.3 is 0 Å². The normalized spacial score (nSPS) is 10.8. The Morgan fingerprint density at radius 2 is 1.80 bits per heavy atom. The predicted octanol–water partition coefficient (Wildman–Crippen LogP) is 6.41. The van der Waals surface area contributed by atoms with Crippen LogP contribution < -0.4 is 0 Å². The van der Waals surface area contributed by atoms with Gasteiger partial charge in [-0.25, -0.2) is 4.98 Å². The van der Waals surface area contributed by atoms with E-state index in [0.717, 1.165) is 35.1 Å². The Bertz CT molecular complexity index is 807. The fourth-order valence-electron chi connectivity index (χ4n) is 3.00. The van der Waals surface area contributed by atoms with Gasteiger partial charge in [-0.2, -0.15) is 11.3 Å². The van der Waals surface area contributed by atoms with Crippen LogP contribution in [-0.4, -0.2) is 11.3 Å². The van der Waals surface area contributed by atoms with Gasteiger partial charge in [0.2, 0.25) is 0 Å². The maximum absolute atomic E-state index is 11.1. The first-order chi connectivity index (χ1) is 12.3. The Morgan fingerprint density at radius 3 is 2.48 bits per heavy atom. The molecule has 2 nitrogen and oxygen atoms in total. The molecule has 3 aromatic rings. The summed E-state index contributed by atoms with van der Waals surface area (Å²) in [7, 11) is 0. The Kier molecular flexibility index (Phi) is 6.13. The molecule has 128 valence electrons. The summed E-state index contributed by atoms with van der Waals surface area (Å²) in [5, 5.41) is 4.11. The van der Waals surface area contributed by atoms with E-state index < -0.39 is 0 Å². The number of carbonyl (C=O) groups excluding carboxylic acids is 1. The second-order valence-electron chi connectivity index (χ2n) is 6.27. The smallest absolute Gasteiger partial charge is 0.168 e. The van der Waals surface area contributed by atoms with Gasteiger partial charge in [0.15, 0.2) is 6.29 Å². The number of aryl methyl sites for hydroxylation is 1. The molecule has 1 aromatic carbocycles. The summed E-state index contributed by atoms with van der Waals surface area (Å²) in [6.45, 7) is 2.24. The number of hydrogen-bond donors (Lipinski definition) is 0. The third-order valence-corrected chi connectivity index (χ3v) is 5.10. The zero-order chi connectivity index (χ0) is 17.5. The maximum Gasteiger partial charge on any atom is 0.168 e. The summed E-state index contributed by atoms with van der Waals surface area (Å²) >= 11 is 1.64. The molecule has 3 rings (SSSR count). The van der Waals surface area contributed by atoms with Crippen molar-refractivity contribution in [2.45, 2.75) is 39.0 Å². The van der Waals surface area contributed by atoms with Crippen molar-refractivity contribution >= 4 is 17.6 Å². The van der Waals surface area contributed by atoms with E-state index >= 15 is 0 Å². The molecule has 0 aliphatic carbocycles. The van der Waals surface area contributed by atoms with Crippen LogP contribution in [-0.2, 0) is 6.42 Å². The van der Waals surface area contributed by atoms with Crippen molar-refractivity contribution in [2.75, 3.05) is 0 Å². The van der Waals surface area contributed by atoms with E-state index in [4.69, 9.17) is 0 Å². The van der Waals surface area contributed by atoms with Gasteiger partial charge in [-0.05, 0) is 47.5 Å². The Balaban J connectivity index is 1.85. The highest BCUT2D eigenvalue weighted by Crippen LogP contribution is 2.32. The van der Waals surface area contributed by atoms with Crippen molar-refractivity contribution in [1.82, 2.24) is 4.98 Å². The zero-order valence-electron chi connectivity index (χ0n) is 14.6. The average Bonchev–Trinajstić information content (AvgIpc) is 3.20. The molecule has 0 unspecified atom stereocenters. The van der Waals surface area contributed by atoms with E-state index in [1.807, 2.05) is 17.5 Å². The third-order valence-electron chi connectivity index (χ3n) is 4.42. The highest BCUT2D eigenvalue weighted by molar-refractivity contribution is 7.08. The van der Waals surface area contributed by atoms with Crippen molar-refractivity contribution in [1.29, 1.82) is 0 Å². The van der Waals surface area contributed by atoms with Crippen LogP contribution in [0.25, 0.3) is 22.4 Å². The van der Waals surface area contributed by atoms with E-state index in [0.29, 0.717) is 5.69 Å². The number of nitrogens with zero attached hydrogens (tertiary/aromatic N) is 1. The first kappa shape index (κ1) is 17.6. The SMILES string of the molecule is CCCCCCc1ccc(-c2ccc(C=O)nc2-c2ccsc2)cc1. The molecular weight excluding hydrogens is 326 g/mol. The fourth-order valence-corrected chi connectivity index (χ4v) is 3.64. The number of unbranched alkanes of at least 4 members (excludes halogenated alkanes) is 3. The highest BCUT2D eigenvalue weighted by atomic mass is 32.1. The van der Waals surface area contributed by atoms with Gasteiger partial charge in [-0.15, -0.1) is 0 Å². The molecule has 0 amide bonds. The van der Waals surface area contributed by atoms with Gasteiger partial charge in [-0.1, -0.05) is 50.5 Å². The lowest BCUT2D eigenvalue weighted by atomic mass is 9.98. The first-order valence-electron chi connectivity index (χ1n) is 8.90. The molecule has 0 fully saturated rings.